The van der Waals surface area contributed by atoms with Gasteiger partial charge in [-0.25, -0.2) is 13.4 Å². The molecule has 0 atom stereocenters. The van der Waals surface area contributed by atoms with E-state index in [2.05, 4.69) is 20.6 Å². The normalized spacial score (nSPS) is 14.1. The molecule has 1 amide bonds. The molecule has 1 fully saturated rings. The van der Waals surface area contributed by atoms with E-state index in [0.29, 0.717) is 49.4 Å². The monoisotopic (exact) mass is 503 g/mol. The van der Waals surface area contributed by atoms with Crippen molar-refractivity contribution in [2.75, 3.05) is 41.8 Å². The Morgan fingerprint density at radius 2 is 1.69 bits per heavy atom. The maximum absolute atomic E-state index is 13.0. The molecular formula is C23H23F2N5O4S. The number of halogens is 2. The van der Waals surface area contributed by atoms with Crippen LogP contribution in [0.25, 0.3) is 0 Å². The molecule has 35 heavy (non-hydrogen) atoms. The average Bonchev–Trinajstić information content (AvgIpc) is 2.85. The number of hydrogen-bond donors (Lipinski definition) is 2. The number of carbonyl (C=O) groups is 1. The highest BCUT2D eigenvalue weighted by Crippen LogP contribution is 2.24. The number of morpholine rings is 1. The third-order valence-corrected chi connectivity index (χ3v) is 6.66. The van der Waals surface area contributed by atoms with Gasteiger partial charge >= 0.3 is 5.76 Å². The van der Waals surface area contributed by atoms with E-state index in [1.165, 1.54) is 18.2 Å². The number of anilines is 4. The third-order valence-electron chi connectivity index (χ3n) is 5.22. The summed E-state index contributed by atoms with van der Waals surface area (Å²) in [5.41, 5.74) is 1.49. The van der Waals surface area contributed by atoms with Crippen LogP contribution < -0.4 is 15.5 Å². The summed E-state index contributed by atoms with van der Waals surface area (Å²) in [6.45, 7) is 4.52. The van der Waals surface area contributed by atoms with E-state index in [1.807, 2.05) is 11.8 Å². The summed E-state index contributed by atoms with van der Waals surface area (Å²) in [4.78, 5) is 23.0. The Labute approximate surface area is 201 Å². The summed E-state index contributed by atoms with van der Waals surface area (Å²) >= 11 is 0. The molecule has 3 aromatic rings. The van der Waals surface area contributed by atoms with E-state index in [-0.39, 0.29) is 5.56 Å². The van der Waals surface area contributed by atoms with Gasteiger partial charge in [0.25, 0.3) is 5.91 Å². The predicted molar refractivity (Wildman–Crippen MR) is 127 cm³/mol. The Balaban J connectivity index is 1.47. The Hall–Kier alpha value is -3.64. The van der Waals surface area contributed by atoms with Crippen LogP contribution in [0.15, 0.2) is 59.5 Å². The lowest BCUT2D eigenvalue weighted by molar-refractivity contribution is 0.102. The number of sulfone groups is 1. The fourth-order valence-corrected chi connectivity index (χ4v) is 4.43. The zero-order chi connectivity index (χ0) is 25.0. The molecule has 12 heteroatoms. The van der Waals surface area contributed by atoms with Gasteiger partial charge in [0, 0.05) is 36.2 Å². The van der Waals surface area contributed by atoms with E-state index in [0.717, 1.165) is 11.8 Å². The Bertz CT molecular complexity index is 1310. The Morgan fingerprint density at radius 1 is 1.03 bits per heavy atom. The van der Waals surface area contributed by atoms with Crippen LogP contribution in [0.4, 0.5) is 31.9 Å². The molecule has 1 saturated heterocycles. The molecule has 2 N–H and O–H groups in total. The number of nitrogens with zero attached hydrogens (tertiary/aromatic N) is 3. The molecule has 184 valence electrons. The van der Waals surface area contributed by atoms with Crippen LogP contribution in [-0.4, -0.2) is 56.4 Å². The maximum atomic E-state index is 13.0. The SMILES string of the molecule is Cc1cc(Nc2ccc(NC(=O)c3ccccc3S(=O)(=O)C(F)F)cc2)nc(N2CCOCC2)n1. The second-order valence-electron chi connectivity index (χ2n) is 7.75. The molecule has 2 aromatic carbocycles. The summed E-state index contributed by atoms with van der Waals surface area (Å²) in [5.74, 6) is -3.23. The molecule has 0 radical (unpaired) electrons. The fourth-order valence-electron chi connectivity index (χ4n) is 3.50. The summed E-state index contributed by atoms with van der Waals surface area (Å²) in [6, 6.07) is 13.3. The minimum atomic E-state index is -4.93. The van der Waals surface area contributed by atoms with Gasteiger partial charge in [-0.05, 0) is 43.3 Å². The van der Waals surface area contributed by atoms with E-state index in [4.69, 9.17) is 4.74 Å². The number of hydrogen-bond acceptors (Lipinski definition) is 8. The van der Waals surface area contributed by atoms with Gasteiger partial charge in [0.1, 0.15) is 5.82 Å². The average molecular weight is 504 g/mol. The van der Waals surface area contributed by atoms with Crippen LogP contribution in [0, 0.1) is 6.92 Å². The van der Waals surface area contributed by atoms with Gasteiger partial charge in [0.2, 0.25) is 15.8 Å². The summed E-state index contributed by atoms with van der Waals surface area (Å²) in [5, 5.41) is 5.74. The lowest BCUT2D eigenvalue weighted by atomic mass is 10.2. The second-order valence-corrected chi connectivity index (χ2v) is 9.64. The number of alkyl halides is 2. The molecule has 0 spiro atoms. The van der Waals surface area contributed by atoms with E-state index < -0.39 is 26.4 Å². The molecule has 1 aromatic heterocycles. The lowest BCUT2D eigenvalue weighted by Crippen LogP contribution is -2.37. The lowest BCUT2D eigenvalue weighted by Gasteiger charge is -2.27. The number of benzene rings is 2. The minimum absolute atomic E-state index is 0.359. The first-order valence-electron chi connectivity index (χ1n) is 10.7. The van der Waals surface area contributed by atoms with Crippen molar-refractivity contribution in [1.82, 2.24) is 9.97 Å². The number of carbonyl (C=O) groups excluding carboxylic acids is 1. The molecule has 0 saturated carbocycles. The molecule has 1 aliphatic rings. The maximum Gasteiger partial charge on any atom is 0.341 e. The highest BCUT2D eigenvalue weighted by atomic mass is 32.2. The van der Waals surface area contributed by atoms with Crippen LogP contribution in [-0.2, 0) is 14.6 Å². The van der Waals surface area contributed by atoms with Gasteiger partial charge in [-0.15, -0.1) is 0 Å². The van der Waals surface area contributed by atoms with Crippen molar-refractivity contribution in [2.24, 2.45) is 0 Å². The van der Waals surface area contributed by atoms with Gasteiger partial charge in [-0.2, -0.15) is 13.8 Å². The molecular weight excluding hydrogens is 480 g/mol. The number of aromatic nitrogens is 2. The summed E-state index contributed by atoms with van der Waals surface area (Å²) in [6.07, 6.45) is 0. The first kappa shape index (κ1) is 24.5. The van der Waals surface area contributed by atoms with Crippen LogP contribution in [0.1, 0.15) is 16.1 Å². The largest absolute Gasteiger partial charge is 0.378 e. The third kappa shape index (κ3) is 5.72. The number of nitrogens with one attached hydrogen (secondary N) is 2. The molecule has 0 bridgehead atoms. The molecule has 1 aliphatic heterocycles. The Kier molecular flexibility index (Phi) is 7.22. The topological polar surface area (TPSA) is 114 Å². The van der Waals surface area contributed by atoms with Crippen LogP contribution in [0.5, 0.6) is 0 Å². The highest BCUT2D eigenvalue weighted by Gasteiger charge is 2.30. The number of rotatable bonds is 7. The smallest absolute Gasteiger partial charge is 0.341 e. The van der Waals surface area contributed by atoms with Gasteiger partial charge < -0.3 is 20.3 Å². The number of ether oxygens (including phenoxy) is 1. The molecule has 4 rings (SSSR count). The van der Waals surface area contributed by atoms with Crippen LogP contribution in [0.3, 0.4) is 0 Å². The zero-order valence-corrected chi connectivity index (χ0v) is 19.6. The fraction of sp³-hybridized carbons (Fsp3) is 0.261. The predicted octanol–water partition coefficient (Wildman–Crippen LogP) is 3.61. The molecule has 0 aliphatic carbocycles. The zero-order valence-electron chi connectivity index (χ0n) is 18.7. The number of amides is 1. The first-order chi connectivity index (χ1) is 16.7. The standard InChI is InChI=1S/C23H23F2N5O4S/c1-15-14-20(29-23(26-15)30-10-12-34-13-11-30)27-16-6-8-17(9-7-16)28-21(31)18-4-2-3-5-19(18)35(32,33)22(24)25/h2-9,14,22H,10-13H2,1H3,(H,28,31)(H,26,27,29). The van der Waals surface area contributed by atoms with Gasteiger partial charge in [-0.1, -0.05) is 12.1 Å². The van der Waals surface area contributed by atoms with Gasteiger partial charge in [0.15, 0.2) is 0 Å². The van der Waals surface area contributed by atoms with Crippen molar-refractivity contribution in [3.63, 3.8) is 0 Å². The molecule has 2 heterocycles. The van der Waals surface area contributed by atoms with E-state index in [9.17, 15) is 22.0 Å². The van der Waals surface area contributed by atoms with Crippen molar-refractivity contribution in [2.45, 2.75) is 17.6 Å². The minimum Gasteiger partial charge on any atom is -0.378 e. The van der Waals surface area contributed by atoms with Crippen molar-refractivity contribution in [3.8, 4) is 0 Å². The Morgan fingerprint density at radius 3 is 2.37 bits per heavy atom. The quantitative estimate of drug-likeness (QED) is 0.503. The van der Waals surface area contributed by atoms with Crippen molar-refractivity contribution in [1.29, 1.82) is 0 Å². The first-order valence-corrected chi connectivity index (χ1v) is 12.3. The van der Waals surface area contributed by atoms with Crippen molar-refractivity contribution in [3.05, 3.63) is 65.9 Å². The molecule has 9 nitrogen and oxygen atoms in total. The second kappa shape index (κ2) is 10.3. The van der Waals surface area contributed by atoms with Gasteiger partial charge in [0.05, 0.1) is 23.7 Å². The van der Waals surface area contributed by atoms with Crippen LogP contribution >= 0.6 is 0 Å². The summed E-state index contributed by atoms with van der Waals surface area (Å²) in [7, 11) is -4.93. The molecule has 0 unspecified atom stereocenters. The van der Waals surface area contributed by atoms with E-state index >= 15 is 0 Å². The van der Waals surface area contributed by atoms with Crippen molar-refractivity contribution >= 4 is 38.9 Å². The van der Waals surface area contributed by atoms with Crippen LogP contribution in [0.2, 0.25) is 0 Å². The van der Waals surface area contributed by atoms with E-state index in [1.54, 1.807) is 30.3 Å². The highest BCUT2D eigenvalue weighted by molar-refractivity contribution is 7.91. The van der Waals surface area contributed by atoms with Crippen molar-refractivity contribution < 1.29 is 26.7 Å². The number of aryl methyl sites for hydroxylation is 1. The van der Waals surface area contributed by atoms with Gasteiger partial charge in [-0.3, -0.25) is 4.79 Å². The summed E-state index contributed by atoms with van der Waals surface area (Å²) < 4.78 is 55.2.